The van der Waals surface area contributed by atoms with Gasteiger partial charge in [-0.25, -0.2) is 0 Å². The average Bonchev–Trinajstić information content (AvgIpc) is 2.34. The van der Waals surface area contributed by atoms with Gasteiger partial charge in [-0.15, -0.1) is 10.2 Å². The summed E-state index contributed by atoms with van der Waals surface area (Å²) in [5.41, 5.74) is 2.11. The molecule has 1 N–H and O–H groups in total. The highest BCUT2D eigenvalue weighted by molar-refractivity contribution is 6.32. The summed E-state index contributed by atoms with van der Waals surface area (Å²) < 4.78 is 0. The molecule has 0 radical (unpaired) electrons. The highest BCUT2D eigenvalue weighted by Gasteiger charge is 2.07. The third-order valence-electron chi connectivity index (χ3n) is 2.44. The molecule has 1 heterocycles. The minimum atomic E-state index is 0.0573. The van der Waals surface area contributed by atoms with Gasteiger partial charge in [0.1, 0.15) is 0 Å². The molecular formula is C12H12Cl2N4. The van der Waals surface area contributed by atoms with Crippen molar-refractivity contribution in [3.63, 3.8) is 0 Å². The van der Waals surface area contributed by atoms with Crippen LogP contribution < -0.4 is 5.32 Å². The Morgan fingerprint density at radius 3 is 2.67 bits per heavy atom. The first-order valence-electron chi connectivity index (χ1n) is 5.49. The number of nitrogens with one attached hydrogen (secondary N) is 1. The molecule has 0 bridgehead atoms. The van der Waals surface area contributed by atoms with Crippen molar-refractivity contribution < 1.29 is 0 Å². The summed E-state index contributed by atoms with van der Waals surface area (Å²) in [6.45, 7) is 4.27. The molecule has 1 aromatic carbocycles. The maximum absolute atomic E-state index is 5.89. The van der Waals surface area contributed by atoms with E-state index in [-0.39, 0.29) is 10.4 Å². The molecule has 0 atom stereocenters. The zero-order valence-corrected chi connectivity index (χ0v) is 11.5. The van der Waals surface area contributed by atoms with Gasteiger partial charge in [-0.05, 0) is 35.2 Å². The summed E-state index contributed by atoms with van der Waals surface area (Å²) >= 11 is 11.6. The average molecular weight is 283 g/mol. The molecule has 1 aromatic heterocycles. The zero-order chi connectivity index (χ0) is 13.1. The fraction of sp³-hybridized carbons (Fsp3) is 0.250. The molecule has 0 unspecified atom stereocenters. The first-order chi connectivity index (χ1) is 8.56. The van der Waals surface area contributed by atoms with E-state index in [0.29, 0.717) is 11.7 Å². The van der Waals surface area contributed by atoms with E-state index < -0.39 is 0 Å². The largest absolute Gasteiger partial charge is 0.337 e. The van der Waals surface area contributed by atoms with Crippen LogP contribution in [0.1, 0.15) is 25.3 Å². The lowest BCUT2D eigenvalue weighted by Crippen LogP contribution is -1.99. The standard InChI is InChI=1S/C12H12Cl2N4/c1-7(2)8-4-3-5-9(6-8)15-11-10(13)17-18-12(14)16-11/h3-7H,1-2H3,(H,15,16,18). The highest BCUT2D eigenvalue weighted by atomic mass is 35.5. The van der Waals surface area contributed by atoms with Crippen molar-refractivity contribution in [3.8, 4) is 0 Å². The normalized spacial score (nSPS) is 10.7. The summed E-state index contributed by atoms with van der Waals surface area (Å²) in [4.78, 5) is 3.99. The maximum Gasteiger partial charge on any atom is 0.245 e. The van der Waals surface area contributed by atoms with Gasteiger partial charge in [0, 0.05) is 5.69 Å². The topological polar surface area (TPSA) is 50.7 Å². The van der Waals surface area contributed by atoms with Crippen molar-refractivity contribution >= 4 is 34.7 Å². The first kappa shape index (κ1) is 13.1. The molecule has 2 rings (SSSR count). The second kappa shape index (κ2) is 5.50. The Hall–Kier alpha value is -1.39. The second-order valence-electron chi connectivity index (χ2n) is 4.13. The van der Waals surface area contributed by atoms with Gasteiger partial charge in [0.25, 0.3) is 0 Å². The van der Waals surface area contributed by atoms with Crippen molar-refractivity contribution in [2.45, 2.75) is 19.8 Å². The predicted octanol–water partition coefficient (Wildman–Crippen LogP) is 4.05. The molecule has 4 nitrogen and oxygen atoms in total. The molecule has 2 aromatic rings. The van der Waals surface area contributed by atoms with Crippen LogP contribution in [-0.4, -0.2) is 15.2 Å². The molecule has 0 saturated heterocycles. The summed E-state index contributed by atoms with van der Waals surface area (Å²) in [6, 6.07) is 8.01. The van der Waals surface area contributed by atoms with Crippen LogP contribution in [0.25, 0.3) is 0 Å². The van der Waals surface area contributed by atoms with Crippen molar-refractivity contribution in [2.75, 3.05) is 5.32 Å². The third-order valence-corrected chi connectivity index (χ3v) is 2.85. The van der Waals surface area contributed by atoms with Gasteiger partial charge >= 0.3 is 0 Å². The lowest BCUT2D eigenvalue weighted by atomic mass is 10.0. The van der Waals surface area contributed by atoms with Gasteiger partial charge in [-0.1, -0.05) is 37.6 Å². The molecule has 0 spiro atoms. The third kappa shape index (κ3) is 3.09. The van der Waals surface area contributed by atoms with Crippen LogP contribution in [-0.2, 0) is 0 Å². The summed E-state index contributed by atoms with van der Waals surface area (Å²) in [5, 5.41) is 10.6. The number of halogens is 2. The number of hydrogen-bond donors (Lipinski definition) is 1. The van der Waals surface area contributed by atoms with Crippen molar-refractivity contribution in [1.29, 1.82) is 0 Å². The number of aromatic nitrogens is 3. The van der Waals surface area contributed by atoms with Crippen LogP contribution in [0.15, 0.2) is 24.3 Å². The second-order valence-corrected chi connectivity index (χ2v) is 4.82. The molecule has 0 aliphatic rings. The molecule has 0 aliphatic carbocycles. The number of nitrogens with zero attached hydrogens (tertiary/aromatic N) is 3. The van der Waals surface area contributed by atoms with E-state index in [4.69, 9.17) is 23.2 Å². The predicted molar refractivity (Wildman–Crippen MR) is 73.7 cm³/mol. The molecule has 0 aliphatic heterocycles. The van der Waals surface area contributed by atoms with Crippen molar-refractivity contribution in [2.24, 2.45) is 0 Å². The lowest BCUT2D eigenvalue weighted by Gasteiger charge is -2.10. The van der Waals surface area contributed by atoms with Crippen LogP contribution in [0.3, 0.4) is 0 Å². The van der Waals surface area contributed by atoms with Gasteiger partial charge in [0.15, 0.2) is 11.0 Å². The number of rotatable bonds is 3. The minimum Gasteiger partial charge on any atom is -0.337 e. The highest BCUT2D eigenvalue weighted by Crippen LogP contribution is 2.24. The Bertz CT molecular complexity index is 558. The number of benzene rings is 1. The molecule has 0 fully saturated rings. The van der Waals surface area contributed by atoms with Gasteiger partial charge in [-0.3, -0.25) is 0 Å². The SMILES string of the molecule is CC(C)c1cccc(Nc2nc(Cl)nnc2Cl)c1. The van der Waals surface area contributed by atoms with E-state index in [1.807, 2.05) is 18.2 Å². The molecular weight excluding hydrogens is 271 g/mol. The van der Waals surface area contributed by atoms with E-state index in [1.165, 1.54) is 5.56 Å². The fourth-order valence-electron chi connectivity index (χ4n) is 1.49. The van der Waals surface area contributed by atoms with Gasteiger partial charge in [-0.2, -0.15) is 4.98 Å². The Balaban J connectivity index is 2.28. The molecule has 18 heavy (non-hydrogen) atoms. The Morgan fingerprint density at radius 1 is 1.17 bits per heavy atom. The monoisotopic (exact) mass is 282 g/mol. The Morgan fingerprint density at radius 2 is 1.94 bits per heavy atom. The molecule has 0 saturated carbocycles. The van der Waals surface area contributed by atoms with Crippen molar-refractivity contribution in [3.05, 3.63) is 40.3 Å². The van der Waals surface area contributed by atoms with Gasteiger partial charge in [0.05, 0.1) is 0 Å². The van der Waals surface area contributed by atoms with Crippen LogP contribution in [0, 0.1) is 0 Å². The Kier molecular flexibility index (Phi) is 3.99. The number of hydrogen-bond acceptors (Lipinski definition) is 4. The van der Waals surface area contributed by atoms with Crippen LogP contribution in [0.2, 0.25) is 10.4 Å². The molecule has 0 amide bonds. The van der Waals surface area contributed by atoms with Crippen molar-refractivity contribution in [1.82, 2.24) is 15.2 Å². The van der Waals surface area contributed by atoms with E-state index in [1.54, 1.807) is 0 Å². The maximum atomic E-state index is 5.89. The zero-order valence-electron chi connectivity index (χ0n) is 9.98. The van der Waals surface area contributed by atoms with E-state index in [2.05, 4.69) is 40.4 Å². The fourth-order valence-corrected chi connectivity index (χ4v) is 1.73. The molecule has 6 heteroatoms. The van der Waals surface area contributed by atoms with Gasteiger partial charge in [0.2, 0.25) is 5.28 Å². The summed E-state index contributed by atoms with van der Waals surface area (Å²) in [7, 11) is 0. The van der Waals surface area contributed by atoms with Crippen LogP contribution in [0.4, 0.5) is 11.5 Å². The minimum absolute atomic E-state index is 0.0573. The Labute approximate surface area is 115 Å². The number of anilines is 2. The van der Waals surface area contributed by atoms with E-state index in [0.717, 1.165) is 5.69 Å². The summed E-state index contributed by atoms with van der Waals surface area (Å²) in [6.07, 6.45) is 0. The first-order valence-corrected chi connectivity index (χ1v) is 6.24. The van der Waals surface area contributed by atoms with Crippen LogP contribution in [0.5, 0.6) is 0 Å². The quantitative estimate of drug-likeness (QED) is 0.923. The van der Waals surface area contributed by atoms with E-state index in [9.17, 15) is 0 Å². The smallest absolute Gasteiger partial charge is 0.245 e. The van der Waals surface area contributed by atoms with Crippen LogP contribution >= 0.6 is 23.2 Å². The van der Waals surface area contributed by atoms with E-state index >= 15 is 0 Å². The lowest BCUT2D eigenvalue weighted by molar-refractivity contribution is 0.867. The summed E-state index contributed by atoms with van der Waals surface area (Å²) in [5.74, 6) is 0.854. The van der Waals surface area contributed by atoms with Gasteiger partial charge < -0.3 is 5.32 Å². The molecule has 94 valence electrons.